The minimum absolute atomic E-state index is 0.0484. The number of hydrogen-bond donors (Lipinski definition) is 0. The van der Waals surface area contributed by atoms with E-state index >= 15 is 0 Å². The third-order valence-electron chi connectivity index (χ3n) is 3.40. The molecule has 0 fully saturated rings. The Balaban J connectivity index is 2.57. The van der Waals surface area contributed by atoms with Gasteiger partial charge in [0, 0.05) is 19.1 Å². The van der Waals surface area contributed by atoms with Gasteiger partial charge in [0.2, 0.25) is 0 Å². The number of anilines is 1. The first-order valence-corrected chi connectivity index (χ1v) is 7.71. The van der Waals surface area contributed by atoms with Crippen LogP contribution in [0.1, 0.15) is 22.8 Å². The van der Waals surface area contributed by atoms with Crippen molar-refractivity contribution in [2.75, 3.05) is 11.6 Å². The number of non-ortho nitro benzene ring substituents is 1. The molecular weight excluding hydrogens is 381 g/mol. The lowest BCUT2D eigenvalue weighted by Crippen LogP contribution is -2.34. The molecule has 0 unspecified atom stereocenters. The van der Waals surface area contributed by atoms with Gasteiger partial charge in [0.15, 0.2) is 6.73 Å². The van der Waals surface area contributed by atoms with E-state index in [1.165, 1.54) is 6.07 Å². The lowest BCUT2D eigenvalue weighted by molar-refractivity contribution is -0.384. The fourth-order valence-corrected chi connectivity index (χ4v) is 2.36. The lowest BCUT2D eigenvalue weighted by atomic mass is 10.1. The normalized spacial score (nSPS) is 10.0. The number of carbonyl (C=O) groups is 2. The van der Waals surface area contributed by atoms with Crippen LogP contribution < -0.4 is 4.90 Å². The number of nitro groups is 1. The summed E-state index contributed by atoms with van der Waals surface area (Å²) in [5, 5.41) is 20.1. The van der Waals surface area contributed by atoms with Crippen molar-refractivity contribution in [2.24, 2.45) is 0 Å². The van der Waals surface area contributed by atoms with Gasteiger partial charge >= 0.3 is 5.97 Å². The predicted octanol–water partition coefficient (Wildman–Crippen LogP) is 3.43. The molecule has 2 aromatic carbocycles. The molecule has 0 bridgehead atoms. The average Bonchev–Trinajstić information content (AvgIpc) is 2.62. The van der Waals surface area contributed by atoms with Crippen LogP contribution in [0.15, 0.2) is 36.4 Å². The minimum atomic E-state index is -0.868. The number of rotatable bonds is 5. The van der Waals surface area contributed by atoms with E-state index in [9.17, 15) is 29.4 Å². The maximum absolute atomic E-state index is 13.4. The van der Waals surface area contributed by atoms with Crippen LogP contribution in [0.3, 0.4) is 0 Å². The van der Waals surface area contributed by atoms with Gasteiger partial charge in [-0.2, -0.15) is 5.26 Å². The first kappa shape index (κ1) is 19.8. The third-order valence-corrected chi connectivity index (χ3v) is 3.73. The number of nitro benzene ring substituents is 1. The molecule has 0 spiro atoms. The van der Waals surface area contributed by atoms with Crippen molar-refractivity contribution in [3.63, 3.8) is 0 Å². The Morgan fingerprint density at radius 2 is 2.04 bits per heavy atom. The Morgan fingerprint density at radius 3 is 2.63 bits per heavy atom. The van der Waals surface area contributed by atoms with Crippen LogP contribution in [0.5, 0.6) is 0 Å². The van der Waals surface area contributed by atoms with E-state index in [2.05, 4.69) is 0 Å². The van der Waals surface area contributed by atoms with E-state index in [1.807, 2.05) is 0 Å². The van der Waals surface area contributed by atoms with Crippen molar-refractivity contribution >= 4 is 34.9 Å². The monoisotopic (exact) mass is 391 g/mol. The van der Waals surface area contributed by atoms with Crippen LogP contribution in [-0.4, -0.2) is 23.5 Å². The molecule has 8 nitrogen and oxygen atoms in total. The molecule has 0 aliphatic rings. The fourth-order valence-electron chi connectivity index (χ4n) is 2.16. The Bertz CT molecular complexity index is 974. The highest BCUT2D eigenvalue weighted by molar-refractivity contribution is 6.34. The summed E-state index contributed by atoms with van der Waals surface area (Å²) in [6.07, 6.45) is 0. The molecule has 27 heavy (non-hydrogen) atoms. The molecule has 0 aromatic heterocycles. The number of esters is 1. The minimum Gasteiger partial charge on any atom is -0.444 e. The number of carbonyl (C=O) groups excluding carboxylic acids is 2. The molecule has 0 radical (unpaired) electrons. The number of amides is 1. The summed E-state index contributed by atoms with van der Waals surface area (Å²) >= 11 is 5.99. The van der Waals surface area contributed by atoms with Crippen LogP contribution in [0.25, 0.3) is 0 Å². The van der Waals surface area contributed by atoms with E-state index in [1.54, 1.807) is 6.07 Å². The molecule has 0 saturated carbocycles. The number of ether oxygens (including phenoxy) is 1. The van der Waals surface area contributed by atoms with Crippen LogP contribution in [0, 0.1) is 27.3 Å². The van der Waals surface area contributed by atoms with Crippen molar-refractivity contribution < 1.29 is 23.6 Å². The molecule has 0 aliphatic carbocycles. The molecule has 0 N–H and O–H groups in total. The van der Waals surface area contributed by atoms with Gasteiger partial charge in [-0.1, -0.05) is 11.6 Å². The largest absolute Gasteiger partial charge is 0.444 e. The van der Waals surface area contributed by atoms with Crippen molar-refractivity contribution in [1.82, 2.24) is 0 Å². The van der Waals surface area contributed by atoms with E-state index in [-0.39, 0.29) is 27.5 Å². The van der Waals surface area contributed by atoms with Gasteiger partial charge in [-0.05, 0) is 24.3 Å². The van der Waals surface area contributed by atoms with Crippen LogP contribution in [0.2, 0.25) is 5.02 Å². The molecule has 0 atom stereocenters. The topological polar surface area (TPSA) is 114 Å². The van der Waals surface area contributed by atoms with Gasteiger partial charge in [-0.25, -0.2) is 4.39 Å². The summed E-state index contributed by atoms with van der Waals surface area (Å²) in [6.45, 7) is 0.506. The average molecular weight is 392 g/mol. The van der Waals surface area contributed by atoms with E-state index in [0.29, 0.717) is 0 Å². The van der Waals surface area contributed by atoms with Gasteiger partial charge < -0.3 is 4.74 Å². The summed E-state index contributed by atoms with van der Waals surface area (Å²) in [5.74, 6) is -2.28. The third kappa shape index (κ3) is 4.56. The zero-order valence-corrected chi connectivity index (χ0v) is 14.6. The molecule has 0 saturated heterocycles. The second kappa shape index (κ2) is 8.25. The Hall–Kier alpha value is -3.51. The first-order chi connectivity index (χ1) is 12.7. The molecular formula is C17H11ClFN3O5. The number of nitrogens with zero attached hydrogens (tertiary/aromatic N) is 3. The van der Waals surface area contributed by atoms with Gasteiger partial charge in [-0.15, -0.1) is 0 Å². The molecule has 0 heterocycles. The molecule has 1 amide bonds. The number of nitriles is 1. The van der Waals surface area contributed by atoms with Crippen molar-refractivity contribution in [3.05, 3.63) is 68.5 Å². The Kier molecular flexibility index (Phi) is 6.05. The number of benzene rings is 2. The van der Waals surface area contributed by atoms with Crippen molar-refractivity contribution in [1.29, 1.82) is 5.26 Å². The predicted molar refractivity (Wildman–Crippen MR) is 92.7 cm³/mol. The molecule has 2 rings (SSSR count). The maximum Gasteiger partial charge on any atom is 0.304 e. The van der Waals surface area contributed by atoms with Crippen molar-refractivity contribution in [2.45, 2.75) is 6.92 Å². The standard InChI is InChI=1S/C17H11ClFN3O5/c1-10(23)27-9-21(16-5-2-12(19)6-11(16)8-20)17(24)14-7-13(22(25)26)3-4-15(14)18/h2-7H,9H2,1H3. The van der Waals surface area contributed by atoms with Crippen LogP contribution >= 0.6 is 11.6 Å². The second-order valence-corrected chi connectivity index (χ2v) is 5.60. The van der Waals surface area contributed by atoms with E-state index < -0.39 is 29.3 Å². The highest BCUT2D eigenvalue weighted by atomic mass is 35.5. The highest BCUT2D eigenvalue weighted by Gasteiger charge is 2.25. The SMILES string of the molecule is CC(=O)OCN(C(=O)c1cc([N+](=O)[O-])ccc1Cl)c1ccc(F)cc1C#N. The summed E-state index contributed by atoms with van der Waals surface area (Å²) in [7, 11) is 0. The fraction of sp³-hybridized carbons (Fsp3) is 0.118. The highest BCUT2D eigenvalue weighted by Crippen LogP contribution is 2.28. The van der Waals surface area contributed by atoms with Crippen LogP contribution in [0.4, 0.5) is 15.8 Å². The molecule has 10 heteroatoms. The zero-order chi connectivity index (χ0) is 20.1. The summed E-state index contributed by atoms with van der Waals surface area (Å²) < 4.78 is 18.2. The Morgan fingerprint density at radius 1 is 1.33 bits per heavy atom. The van der Waals surface area contributed by atoms with E-state index in [4.69, 9.17) is 16.3 Å². The van der Waals surface area contributed by atoms with E-state index in [0.717, 1.165) is 42.2 Å². The number of halogens is 2. The summed E-state index contributed by atoms with van der Waals surface area (Å²) in [5.41, 5.74) is -0.870. The maximum atomic E-state index is 13.4. The lowest BCUT2D eigenvalue weighted by Gasteiger charge is -2.23. The Labute approximate surface area is 157 Å². The summed E-state index contributed by atoms with van der Waals surface area (Å²) in [6, 6.07) is 8.06. The molecule has 0 aliphatic heterocycles. The first-order valence-electron chi connectivity index (χ1n) is 7.33. The zero-order valence-electron chi connectivity index (χ0n) is 13.8. The van der Waals surface area contributed by atoms with Crippen molar-refractivity contribution in [3.8, 4) is 6.07 Å². The van der Waals surface area contributed by atoms with Gasteiger partial charge in [0.1, 0.15) is 11.9 Å². The second-order valence-electron chi connectivity index (χ2n) is 5.19. The molecule has 2 aromatic rings. The van der Waals surface area contributed by atoms with Gasteiger partial charge in [0.25, 0.3) is 11.6 Å². The number of hydrogen-bond acceptors (Lipinski definition) is 6. The van der Waals surface area contributed by atoms with Gasteiger partial charge in [0.05, 0.1) is 26.8 Å². The summed E-state index contributed by atoms with van der Waals surface area (Å²) in [4.78, 5) is 35.2. The van der Waals surface area contributed by atoms with Crippen LogP contribution in [-0.2, 0) is 9.53 Å². The quantitative estimate of drug-likeness (QED) is 0.334. The smallest absolute Gasteiger partial charge is 0.304 e. The molecule has 138 valence electrons. The van der Waals surface area contributed by atoms with Gasteiger partial charge in [-0.3, -0.25) is 24.6 Å².